The van der Waals surface area contributed by atoms with Crippen molar-refractivity contribution in [2.45, 2.75) is 18.4 Å². The summed E-state index contributed by atoms with van der Waals surface area (Å²) in [5.74, 6) is -2.67. The zero-order chi connectivity index (χ0) is 26.5. The fourth-order valence-electron chi connectivity index (χ4n) is 4.73. The Hall–Kier alpha value is -4.70. The van der Waals surface area contributed by atoms with E-state index in [9.17, 15) is 34.5 Å². The number of likely N-dealkylation sites (tertiary alicyclic amines) is 1. The number of hydrogen-bond donors (Lipinski definition) is 4. The van der Waals surface area contributed by atoms with Crippen molar-refractivity contribution in [3.63, 3.8) is 0 Å². The number of aromatic carboxylic acids is 1. The summed E-state index contributed by atoms with van der Waals surface area (Å²) in [4.78, 5) is 50.4. The van der Waals surface area contributed by atoms with Crippen molar-refractivity contribution < 1.29 is 34.1 Å². The van der Waals surface area contributed by atoms with Crippen molar-refractivity contribution in [2.24, 2.45) is 5.73 Å². The molecule has 188 valence electrons. The van der Waals surface area contributed by atoms with Gasteiger partial charge in [-0.3, -0.25) is 14.4 Å². The lowest BCUT2D eigenvalue weighted by atomic mass is 9.88. The molecule has 0 aromatic heterocycles. The Bertz CT molecular complexity index is 1610. The molecule has 10 nitrogen and oxygen atoms in total. The normalized spacial score (nSPS) is 15.1. The summed E-state index contributed by atoms with van der Waals surface area (Å²) in [6, 6.07) is 12.9. The van der Waals surface area contributed by atoms with Crippen molar-refractivity contribution in [1.29, 1.82) is 0 Å². The van der Waals surface area contributed by atoms with Crippen molar-refractivity contribution in [3.05, 3.63) is 75.9 Å². The molecule has 0 bridgehead atoms. The topological polar surface area (TPSA) is 171 Å². The van der Waals surface area contributed by atoms with Crippen LogP contribution in [0.4, 0.5) is 0 Å². The maximum Gasteiger partial charge on any atom is 0.336 e. The monoisotopic (exact) mass is 502 g/mol. The second kappa shape index (κ2) is 8.75. The van der Waals surface area contributed by atoms with E-state index in [0.717, 1.165) is 0 Å². The maximum absolute atomic E-state index is 13.2. The van der Waals surface area contributed by atoms with Crippen LogP contribution in [0.1, 0.15) is 33.6 Å². The molecule has 0 spiro atoms. The quantitative estimate of drug-likeness (QED) is 0.306. The second-order valence-electron chi connectivity index (χ2n) is 9.13. The van der Waals surface area contributed by atoms with Gasteiger partial charge < -0.3 is 30.4 Å². The first-order valence-corrected chi connectivity index (χ1v) is 11.5. The number of phenols is 1. The molecule has 2 aromatic rings. The molecule has 2 aliphatic heterocycles. The number of nitrogens with zero attached hydrogens (tertiary/aromatic N) is 1. The smallest absolute Gasteiger partial charge is 0.336 e. The van der Waals surface area contributed by atoms with E-state index in [0.29, 0.717) is 22.1 Å². The molecule has 10 heteroatoms. The first kappa shape index (κ1) is 24.0. The van der Waals surface area contributed by atoms with E-state index in [4.69, 9.17) is 10.2 Å². The van der Waals surface area contributed by atoms with Gasteiger partial charge >= 0.3 is 11.9 Å². The number of nitrogens with two attached hydrogens (primary N) is 1. The van der Waals surface area contributed by atoms with Gasteiger partial charge in [-0.25, -0.2) is 4.79 Å². The van der Waals surface area contributed by atoms with Crippen LogP contribution in [0, 0.1) is 0 Å². The van der Waals surface area contributed by atoms with Gasteiger partial charge in [0.2, 0.25) is 0 Å². The van der Waals surface area contributed by atoms with Gasteiger partial charge in [0.1, 0.15) is 22.6 Å². The molecule has 0 radical (unpaired) electrons. The largest absolute Gasteiger partial charge is 0.508 e. The number of amides is 1. The van der Waals surface area contributed by atoms with E-state index >= 15 is 0 Å². The van der Waals surface area contributed by atoms with Gasteiger partial charge in [0.05, 0.1) is 5.56 Å². The number of aromatic hydroxyl groups is 1. The molecule has 0 saturated carbocycles. The Kier molecular flexibility index (Phi) is 5.68. The van der Waals surface area contributed by atoms with Crippen LogP contribution in [-0.2, 0) is 4.79 Å². The van der Waals surface area contributed by atoms with Gasteiger partial charge in [-0.2, -0.15) is 0 Å². The third kappa shape index (κ3) is 4.17. The molecule has 2 aromatic carbocycles. The van der Waals surface area contributed by atoms with Crippen LogP contribution in [0.25, 0.3) is 33.4 Å². The van der Waals surface area contributed by atoms with E-state index in [-0.39, 0.29) is 59.6 Å². The summed E-state index contributed by atoms with van der Waals surface area (Å²) in [6.07, 6.45) is 0.163. The summed E-state index contributed by atoms with van der Waals surface area (Å²) in [5, 5.41) is 29.9. The Labute approximate surface area is 209 Å². The number of benzene rings is 3. The molecule has 1 aliphatic carbocycles. The first-order valence-electron chi connectivity index (χ1n) is 11.5. The predicted octanol–water partition coefficient (Wildman–Crippen LogP) is 2.99. The molecule has 37 heavy (non-hydrogen) atoms. The Balaban J connectivity index is 1.62. The van der Waals surface area contributed by atoms with Gasteiger partial charge in [0, 0.05) is 47.3 Å². The molecule has 5 rings (SSSR count). The Morgan fingerprint density at radius 3 is 2.30 bits per heavy atom. The van der Waals surface area contributed by atoms with Crippen LogP contribution >= 0.6 is 0 Å². The van der Waals surface area contributed by atoms with Crippen molar-refractivity contribution in [1.82, 2.24) is 4.90 Å². The number of carboxylic acid groups (broad SMARTS) is 2. The van der Waals surface area contributed by atoms with E-state index in [1.54, 1.807) is 12.1 Å². The van der Waals surface area contributed by atoms with Gasteiger partial charge in [0.15, 0.2) is 5.43 Å². The highest BCUT2D eigenvalue weighted by Crippen LogP contribution is 2.42. The molecule has 0 atom stereocenters. The molecule has 2 heterocycles. The summed E-state index contributed by atoms with van der Waals surface area (Å²) in [6.45, 7) is 0.255. The van der Waals surface area contributed by atoms with Crippen molar-refractivity contribution in [2.75, 3.05) is 13.1 Å². The molecule has 3 aliphatic rings. The number of fused-ring (bicyclic) bond motifs is 2. The van der Waals surface area contributed by atoms with E-state index in [2.05, 4.69) is 0 Å². The zero-order valence-corrected chi connectivity index (χ0v) is 19.4. The molecule has 0 unspecified atom stereocenters. The predicted molar refractivity (Wildman–Crippen MR) is 133 cm³/mol. The van der Waals surface area contributed by atoms with Crippen LogP contribution in [0.3, 0.4) is 0 Å². The second-order valence-corrected chi connectivity index (χ2v) is 9.13. The van der Waals surface area contributed by atoms with Gasteiger partial charge in [-0.1, -0.05) is 6.07 Å². The number of phenolic OH excluding ortho intramolecular Hbond substituents is 1. The minimum atomic E-state index is -1.40. The lowest BCUT2D eigenvalue weighted by Gasteiger charge is -2.36. The highest BCUT2D eigenvalue weighted by molar-refractivity contribution is 6.09. The zero-order valence-electron chi connectivity index (χ0n) is 19.4. The molecule has 1 saturated heterocycles. The number of carboxylic acids is 2. The lowest BCUT2D eigenvalue weighted by Crippen LogP contribution is -2.56. The highest BCUT2D eigenvalue weighted by atomic mass is 16.4. The average Bonchev–Trinajstić information content (AvgIpc) is 2.86. The van der Waals surface area contributed by atoms with Crippen LogP contribution in [0.15, 0.2) is 63.8 Å². The highest BCUT2D eigenvalue weighted by Gasteiger charge is 2.39. The van der Waals surface area contributed by atoms with E-state index in [1.165, 1.54) is 47.4 Å². The third-order valence-corrected chi connectivity index (χ3v) is 6.81. The summed E-state index contributed by atoms with van der Waals surface area (Å²) in [7, 11) is 0. The van der Waals surface area contributed by atoms with Crippen molar-refractivity contribution >= 4 is 28.8 Å². The number of hydrogen-bond acceptors (Lipinski definition) is 7. The first-order chi connectivity index (χ1) is 17.6. The number of aliphatic carboxylic acids is 1. The average molecular weight is 502 g/mol. The number of piperidine rings is 1. The van der Waals surface area contributed by atoms with Crippen LogP contribution in [-0.4, -0.2) is 56.7 Å². The van der Waals surface area contributed by atoms with Gasteiger partial charge in [-0.05, 0) is 54.8 Å². The summed E-state index contributed by atoms with van der Waals surface area (Å²) >= 11 is 0. The fraction of sp³-hybridized carbons (Fsp3) is 0.185. The number of rotatable bonds is 4. The van der Waals surface area contributed by atoms with Crippen LogP contribution in [0.2, 0.25) is 0 Å². The van der Waals surface area contributed by atoms with E-state index in [1.807, 2.05) is 0 Å². The molecule has 5 N–H and O–H groups in total. The molecular formula is C27H22N2O8. The van der Waals surface area contributed by atoms with Gasteiger partial charge in [0.25, 0.3) is 5.91 Å². The SMILES string of the molecule is NC1(C(=O)O)CCN(C(=O)c2ccc(-c3c4ccc(=O)cc-4oc4cc(O)ccc34)c(C(=O)O)c2)CC1. The molecular weight excluding hydrogens is 480 g/mol. The van der Waals surface area contributed by atoms with Crippen LogP contribution in [0.5, 0.6) is 5.75 Å². The van der Waals surface area contributed by atoms with Gasteiger partial charge in [-0.15, -0.1) is 0 Å². The summed E-state index contributed by atoms with van der Waals surface area (Å²) in [5.41, 5.74) is 5.71. The number of carbonyl (C=O) groups excluding carboxylic acids is 1. The summed E-state index contributed by atoms with van der Waals surface area (Å²) < 4.78 is 5.83. The Morgan fingerprint density at radius 1 is 0.919 bits per heavy atom. The van der Waals surface area contributed by atoms with Crippen molar-refractivity contribution in [3.8, 4) is 28.2 Å². The number of carbonyl (C=O) groups is 3. The standard InChI is InChI=1S/C27H22N2O8/c28-27(26(35)36)7-9-29(10-8-27)24(32)14-1-4-17(20(11-14)25(33)34)23-18-5-2-15(30)12-21(18)37-22-13-16(31)3-6-19(22)23/h1-6,11-13,30H,7-10,28H2,(H,33,34)(H,35,36). The molecule has 1 amide bonds. The lowest BCUT2D eigenvalue weighted by molar-refractivity contribution is -0.145. The fourth-order valence-corrected chi connectivity index (χ4v) is 4.73. The third-order valence-electron chi connectivity index (χ3n) is 6.81. The Morgan fingerprint density at radius 2 is 1.62 bits per heavy atom. The molecule has 1 fully saturated rings. The van der Waals surface area contributed by atoms with E-state index < -0.39 is 23.4 Å². The minimum absolute atomic E-state index is 0.0647. The van der Waals surface area contributed by atoms with Crippen LogP contribution < -0.4 is 11.2 Å². The minimum Gasteiger partial charge on any atom is -0.508 e. The maximum atomic E-state index is 13.2.